The number of amides is 1. The molecule has 8 heteroatoms. The Bertz CT molecular complexity index is 1110. The summed E-state index contributed by atoms with van der Waals surface area (Å²) in [5.41, 5.74) is 1.17. The standard InChI is InChI=1S/C22H24FN3O3S/c1-14(2)24-20(27)15-8-9-17-19(12-15)25-22(26(21(17)28)10-11-29-3)30-13-16-6-4-5-7-18(16)23/h4-9,12,14H,10-11,13H2,1-3H3,(H,24,27). The van der Waals surface area contributed by atoms with Crippen LogP contribution in [-0.2, 0) is 17.0 Å². The Morgan fingerprint density at radius 1 is 1.27 bits per heavy atom. The zero-order valence-corrected chi connectivity index (χ0v) is 18.0. The van der Waals surface area contributed by atoms with Crippen molar-refractivity contribution in [3.63, 3.8) is 0 Å². The van der Waals surface area contributed by atoms with Gasteiger partial charge >= 0.3 is 0 Å². The Hall–Kier alpha value is -2.71. The minimum absolute atomic E-state index is 0.00455. The van der Waals surface area contributed by atoms with Gasteiger partial charge in [-0.1, -0.05) is 30.0 Å². The van der Waals surface area contributed by atoms with Crippen LogP contribution in [0.2, 0.25) is 0 Å². The Labute approximate surface area is 178 Å². The first kappa shape index (κ1) is 22.0. The number of halogens is 1. The third kappa shape index (κ3) is 5.06. The molecule has 3 rings (SSSR count). The lowest BCUT2D eigenvalue weighted by Gasteiger charge is -2.14. The van der Waals surface area contributed by atoms with E-state index in [0.717, 1.165) is 0 Å². The molecule has 0 fully saturated rings. The van der Waals surface area contributed by atoms with Crippen molar-refractivity contribution >= 4 is 28.6 Å². The van der Waals surface area contributed by atoms with E-state index < -0.39 is 0 Å². The van der Waals surface area contributed by atoms with Crippen molar-refractivity contribution in [2.45, 2.75) is 37.3 Å². The molecule has 0 aliphatic carbocycles. The molecule has 1 amide bonds. The summed E-state index contributed by atoms with van der Waals surface area (Å²) in [5, 5.41) is 3.70. The van der Waals surface area contributed by atoms with Crippen molar-refractivity contribution in [1.29, 1.82) is 0 Å². The van der Waals surface area contributed by atoms with Crippen LogP contribution in [0.25, 0.3) is 10.9 Å². The van der Waals surface area contributed by atoms with Gasteiger partial charge in [-0.3, -0.25) is 14.2 Å². The predicted molar refractivity (Wildman–Crippen MR) is 116 cm³/mol. The number of hydrogen-bond donors (Lipinski definition) is 1. The Kier molecular flexibility index (Phi) is 7.23. The smallest absolute Gasteiger partial charge is 0.262 e. The van der Waals surface area contributed by atoms with E-state index in [1.165, 1.54) is 22.4 Å². The zero-order valence-electron chi connectivity index (χ0n) is 17.1. The van der Waals surface area contributed by atoms with Gasteiger partial charge in [-0.15, -0.1) is 0 Å². The third-order valence-corrected chi connectivity index (χ3v) is 5.46. The molecule has 158 valence electrons. The van der Waals surface area contributed by atoms with Crippen LogP contribution in [0.1, 0.15) is 29.8 Å². The highest BCUT2D eigenvalue weighted by Gasteiger charge is 2.15. The summed E-state index contributed by atoms with van der Waals surface area (Å²) >= 11 is 1.27. The number of carbonyl (C=O) groups excluding carboxylic acids is 1. The molecule has 0 spiro atoms. The summed E-state index contributed by atoms with van der Waals surface area (Å²) < 4.78 is 20.7. The second-order valence-electron chi connectivity index (χ2n) is 7.08. The first-order valence-corrected chi connectivity index (χ1v) is 10.6. The van der Waals surface area contributed by atoms with E-state index in [1.54, 1.807) is 43.5 Å². The Balaban J connectivity index is 2.02. The molecule has 2 aromatic carbocycles. The summed E-state index contributed by atoms with van der Waals surface area (Å²) in [5.74, 6) is -0.201. The second-order valence-corrected chi connectivity index (χ2v) is 8.03. The largest absolute Gasteiger partial charge is 0.383 e. The van der Waals surface area contributed by atoms with Gasteiger partial charge in [-0.2, -0.15) is 0 Å². The number of carbonyl (C=O) groups is 1. The molecule has 0 saturated heterocycles. The van der Waals surface area contributed by atoms with Crippen molar-refractivity contribution in [2.75, 3.05) is 13.7 Å². The van der Waals surface area contributed by atoms with Gasteiger partial charge in [0.2, 0.25) is 0 Å². The quantitative estimate of drug-likeness (QED) is 0.437. The van der Waals surface area contributed by atoms with Gasteiger partial charge in [0.1, 0.15) is 5.82 Å². The molecule has 0 radical (unpaired) electrons. The maximum atomic E-state index is 14.0. The summed E-state index contributed by atoms with van der Waals surface area (Å²) in [4.78, 5) is 30.0. The molecule has 1 N–H and O–H groups in total. The first-order valence-electron chi connectivity index (χ1n) is 9.61. The van der Waals surface area contributed by atoms with Gasteiger partial charge in [0.05, 0.1) is 24.1 Å². The second kappa shape index (κ2) is 9.86. The fourth-order valence-electron chi connectivity index (χ4n) is 2.94. The highest BCUT2D eigenvalue weighted by atomic mass is 32.2. The lowest BCUT2D eigenvalue weighted by molar-refractivity contribution is 0.0943. The van der Waals surface area contributed by atoms with Crippen LogP contribution in [0.3, 0.4) is 0 Å². The third-order valence-electron chi connectivity index (χ3n) is 4.44. The van der Waals surface area contributed by atoms with Crippen molar-refractivity contribution < 1.29 is 13.9 Å². The number of rotatable bonds is 8. The average Bonchev–Trinajstić information content (AvgIpc) is 2.72. The maximum Gasteiger partial charge on any atom is 0.262 e. The number of thioether (sulfide) groups is 1. The van der Waals surface area contributed by atoms with Gasteiger partial charge in [-0.25, -0.2) is 9.37 Å². The van der Waals surface area contributed by atoms with Crippen LogP contribution in [0.4, 0.5) is 4.39 Å². The number of aromatic nitrogens is 2. The molecular formula is C22H24FN3O3S. The molecule has 1 aromatic heterocycles. The summed E-state index contributed by atoms with van der Waals surface area (Å²) in [7, 11) is 1.56. The predicted octanol–water partition coefficient (Wildman–Crippen LogP) is 3.61. The Morgan fingerprint density at radius 2 is 2.03 bits per heavy atom. The SMILES string of the molecule is COCCn1c(SCc2ccccc2F)nc2cc(C(=O)NC(C)C)ccc2c1=O. The van der Waals surface area contributed by atoms with Crippen LogP contribution in [0, 0.1) is 5.82 Å². The topological polar surface area (TPSA) is 73.2 Å². The normalized spacial score (nSPS) is 11.2. The summed E-state index contributed by atoms with van der Waals surface area (Å²) in [6.45, 7) is 4.43. The lowest BCUT2D eigenvalue weighted by atomic mass is 10.1. The van der Waals surface area contributed by atoms with Crippen molar-refractivity contribution in [3.8, 4) is 0 Å². The molecule has 0 unspecified atom stereocenters. The fourth-order valence-corrected chi connectivity index (χ4v) is 3.95. The molecule has 0 aliphatic rings. The van der Waals surface area contributed by atoms with E-state index in [9.17, 15) is 14.0 Å². The molecule has 3 aromatic rings. The highest BCUT2D eigenvalue weighted by Crippen LogP contribution is 2.24. The molecule has 6 nitrogen and oxygen atoms in total. The van der Waals surface area contributed by atoms with Crippen LogP contribution in [-0.4, -0.2) is 35.2 Å². The van der Waals surface area contributed by atoms with E-state index in [0.29, 0.717) is 46.1 Å². The minimum Gasteiger partial charge on any atom is -0.383 e. The zero-order chi connectivity index (χ0) is 21.7. The minimum atomic E-state index is -0.302. The summed E-state index contributed by atoms with van der Waals surface area (Å²) in [6.07, 6.45) is 0. The number of fused-ring (bicyclic) bond motifs is 1. The van der Waals surface area contributed by atoms with Crippen molar-refractivity contribution in [3.05, 3.63) is 69.8 Å². The molecule has 30 heavy (non-hydrogen) atoms. The van der Waals surface area contributed by atoms with E-state index in [1.807, 2.05) is 13.8 Å². The molecule has 0 bridgehead atoms. The highest BCUT2D eigenvalue weighted by molar-refractivity contribution is 7.98. The molecule has 1 heterocycles. The van der Waals surface area contributed by atoms with Gasteiger partial charge < -0.3 is 10.1 Å². The number of benzene rings is 2. The number of nitrogens with one attached hydrogen (secondary N) is 1. The monoisotopic (exact) mass is 429 g/mol. The van der Waals surface area contributed by atoms with Crippen molar-refractivity contribution in [2.24, 2.45) is 0 Å². The average molecular weight is 430 g/mol. The maximum absolute atomic E-state index is 14.0. The number of hydrogen-bond acceptors (Lipinski definition) is 5. The van der Waals surface area contributed by atoms with Crippen LogP contribution >= 0.6 is 11.8 Å². The number of nitrogens with zero attached hydrogens (tertiary/aromatic N) is 2. The van der Waals surface area contributed by atoms with Gasteiger partial charge in [0, 0.05) is 24.5 Å². The number of ether oxygens (including phenoxy) is 1. The lowest BCUT2D eigenvalue weighted by Crippen LogP contribution is -2.30. The first-order chi connectivity index (χ1) is 14.4. The van der Waals surface area contributed by atoms with E-state index in [2.05, 4.69) is 10.3 Å². The van der Waals surface area contributed by atoms with Gasteiger partial charge in [-0.05, 0) is 43.7 Å². The van der Waals surface area contributed by atoms with Crippen molar-refractivity contribution in [1.82, 2.24) is 14.9 Å². The van der Waals surface area contributed by atoms with E-state index >= 15 is 0 Å². The summed E-state index contributed by atoms with van der Waals surface area (Å²) in [6, 6.07) is 11.4. The fraction of sp³-hybridized carbons (Fsp3) is 0.318. The van der Waals surface area contributed by atoms with Crippen LogP contribution in [0.15, 0.2) is 52.4 Å². The van der Waals surface area contributed by atoms with E-state index in [4.69, 9.17) is 4.74 Å². The van der Waals surface area contributed by atoms with E-state index in [-0.39, 0.29) is 23.3 Å². The molecule has 0 saturated carbocycles. The molecule has 0 aliphatic heterocycles. The number of methoxy groups -OCH3 is 1. The Morgan fingerprint density at radius 3 is 2.73 bits per heavy atom. The van der Waals surface area contributed by atoms with Gasteiger partial charge in [0.15, 0.2) is 5.16 Å². The van der Waals surface area contributed by atoms with Gasteiger partial charge in [0.25, 0.3) is 11.5 Å². The molecular weight excluding hydrogens is 405 g/mol. The molecule has 0 atom stereocenters. The van der Waals surface area contributed by atoms with Crippen LogP contribution in [0.5, 0.6) is 0 Å². The van der Waals surface area contributed by atoms with Crippen LogP contribution < -0.4 is 10.9 Å².